The lowest BCUT2D eigenvalue weighted by atomic mass is 10.2. The number of nitrogens with zero attached hydrogens (tertiary/aromatic N) is 4. The average Bonchev–Trinajstić information content (AvgIpc) is 3.33. The van der Waals surface area contributed by atoms with Crippen molar-refractivity contribution >= 4 is 33.8 Å². The molecule has 0 spiro atoms. The number of nitrogens with one attached hydrogen (secondary N) is 2. The summed E-state index contributed by atoms with van der Waals surface area (Å²) >= 11 is 0. The second-order valence-electron chi connectivity index (χ2n) is 6.91. The molecule has 0 aliphatic carbocycles. The number of amides is 1. The highest BCUT2D eigenvalue weighted by Crippen LogP contribution is 2.24. The van der Waals surface area contributed by atoms with E-state index < -0.39 is 20.9 Å². The number of hydrazone groups is 1. The molecule has 2 aromatic heterocycles. The van der Waals surface area contributed by atoms with Crippen LogP contribution >= 0.6 is 0 Å². The number of aromatic nitrogens is 2. The van der Waals surface area contributed by atoms with Gasteiger partial charge in [0, 0.05) is 35.7 Å². The number of carbonyl (C=O) groups excluding carboxylic acids is 1. The van der Waals surface area contributed by atoms with Crippen LogP contribution in [-0.4, -0.2) is 35.4 Å². The van der Waals surface area contributed by atoms with Gasteiger partial charge in [-0.1, -0.05) is 6.07 Å². The molecule has 0 saturated carbocycles. The van der Waals surface area contributed by atoms with Crippen LogP contribution in [0, 0.1) is 10.1 Å². The van der Waals surface area contributed by atoms with E-state index in [1.807, 2.05) is 0 Å². The van der Waals surface area contributed by atoms with Gasteiger partial charge in [-0.3, -0.25) is 14.9 Å². The highest BCUT2D eigenvalue weighted by Gasteiger charge is 2.16. The van der Waals surface area contributed by atoms with Crippen molar-refractivity contribution in [2.24, 2.45) is 5.10 Å². The van der Waals surface area contributed by atoms with Gasteiger partial charge in [0.05, 0.1) is 16.0 Å². The molecule has 4 rings (SSSR count). The molecule has 0 unspecified atom stereocenters. The summed E-state index contributed by atoms with van der Waals surface area (Å²) in [4.78, 5) is 30.1. The Balaban J connectivity index is 1.40. The second-order valence-corrected chi connectivity index (χ2v) is 8.59. The van der Waals surface area contributed by atoms with Gasteiger partial charge < -0.3 is 4.42 Å². The first-order valence-electron chi connectivity index (χ1n) is 9.90. The van der Waals surface area contributed by atoms with Crippen LogP contribution < -0.4 is 10.1 Å². The zero-order chi connectivity index (χ0) is 24.8. The number of anilines is 1. The molecule has 0 fully saturated rings. The van der Waals surface area contributed by atoms with Gasteiger partial charge in [-0.2, -0.15) is 5.10 Å². The average molecular weight is 492 g/mol. The number of furan rings is 1. The predicted octanol–water partition coefficient (Wildman–Crippen LogP) is 3.21. The minimum atomic E-state index is -3.86. The molecule has 12 nitrogen and oxygen atoms in total. The van der Waals surface area contributed by atoms with Crippen LogP contribution in [0.5, 0.6) is 0 Å². The molecule has 35 heavy (non-hydrogen) atoms. The molecular formula is C22H16N6O6S. The number of non-ortho nitro benzene ring substituents is 1. The lowest BCUT2D eigenvalue weighted by Crippen LogP contribution is -2.17. The molecule has 4 aromatic rings. The number of sulfonamides is 1. The van der Waals surface area contributed by atoms with Crippen molar-refractivity contribution in [2.45, 2.75) is 4.90 Å². The van der Waals surface area contributed by atoms with E-state index in [1.54, 1.807) is 30.3 Å². The fourth-order valence-electron chi connectivity index (χ4n) is 2.89. The third kappa shape index (κ3) is 5.72. The van der Waals surface area contributed by atoms with Crippen LogP contribution in [0.3, 0.4) is 0 Å². The molecular weight excluding hydrogens is 476 g/mol. The molecule has 2 heterocycles. The lowest BCUT2D eigenvalue weighted by molar-refractivity contribution is -0.384. The van der Waals surface area contributed by atoms with Crippen molar-refractivity contribution < 1.29 is 22.6 Å². The molecule has 0 atom stereocenters. The monoisotopic (exact) mass is 492 g/mol. The first kappa shape index (κ1) is 23.3. The van der Waals surface area contributed by atoms with Crippen molar-refractivity contribution in [3.63, 3.8) is 0 Å². The van der Waals surface area contributed by atoms with Gasteiger partial charge in [0.15, 0.2) is 0 Å². The summed E-state index contributed by atoms with van der Waals surface area (Å²) in [7, 11) is -3.86. The number of nitro benzene ring substituents is 1. The van der Waals surface area contributed by atoms with E-state index in [1.165, 1.54) is 48.9 Å². The zero-order valence-electron chi connectivity index (χ0n) is 17.7. The van der Waals surface area contributed by atoms with E-state index in [-0.39, 0.29) is 22.1 Å². The van der Waals surface area contributed by atoms with Crippen molar-refractivity contribution in [1.29, 1.82) is 0 Å². The standard InChI is InChI=1S/C22H16N6O6S/c29-21(16-3-1-4-17(13-16)28(30)31)26-25-14-18-7-10-20(34-18)15-5-8-19(9-6-15)35(32,33)27-22-23-11-2-12-24-22/h1-14H,(H,26,29)(H,23,24,27)/b25-14+. The molecule has 1 amide bonds. The third-order valence-corrected chi connectivity index (χ3v) is 5.89. The number of benzene rings is 2. The Bertz CT molecular complexity index is 1500. The summed E-state index contributed by atoms with van der Waals surface area (Å²) < 4.78 is 32.9. The Labute approximate surface area is 198 Å². The molecule has 176 valence electrons. The fourth-order valence-corrected chi connectivity index (χ4v) is 3.84. The van der Waals surface area contributed by atoms with Gasteiger partial charge in [0.1, 0.15) is 11.5 Å². The Morgan fingerprint density at radius 2 is 1.77 bits per heavy atom. The van der Waals surface area contributed by atoms with Crippen molar-refractivity contribution in [3.8, 4) is 11.3 Å². The van der Waals surface area contributed by atoms with Gasteiger partial charge >= 0.3 is 0 Å². The lowest BCUT2D eigenvalue weighted by Gasteiger charge is -2.06. The maximum atomic E-state index is 12.5. The summed E-state index contributed by atoms with van der Waals surface area (Å²) in [6, 6.07) is 16.1. The smallest absolute Gasteiger partial charge is 0.271 e. The summed E-state index contributed by atoms with van der Waals surface area (Å²) in [5.74, 6) is 0.103. The van der Waals surface area contributed by atoms with Gasteiger partial charge in [0.2, 0.25) is 5.95 Å². The Hall–Kier alpha value is -4.91. The van der Waals surface area contributed by atoms with E-state index >= 15 is 0 Å². The van der Waals surface area contributed by atoms with E-state index in [9.17, 15) is 23.3 Å². The van der Waals surface area contributed by atoms with E-state index in [2.05, 4.69) is 25.2 Å². The Morgan fingerprint density at radius 3 is 2.49 bits per heavy atom. The summed E-state index contributed by atoms with van der Waals surface area (Å²) in [6.07, 6.45) is 4.11. The van der Waals surface area contributed by atoms with Crippen LogP contribution in [0.4, 0.5) is 11.6 Å². The highest BCUT2D eigenvalue weighted by atomic mass is 32.2. The van der Waals surface area contributed by atoms with Crippen molar-refractivity contribution in [1.82, 2.24) is 15.4 Å². The largest absolute Gasteiger partial charge is 0.455 e. The van der Waals surface area contributed by atoms with E-state index in [0.717, 1.165) is 6.07 Å². The summed E-state index contributed by atoms with van der Waals surface area (Å²) in [5, 5.41) is 14.6. The SMILES string of the molecule is O=C(N/N=C/c1ccc(-c2ccc(S(=O)(=O)Nc3ncccn3)cc2)o1)c1cccc([N+](=O)[O-])c1. The minimum Gasteiger partial charge on any atom is -0.455 e. The summed E-state index contributed by atoms with van der Waals surface area (Å²) in [5.41, 5.74) is 2.76. The maximum Gasteiger partial charge on any atom is 0.271 e. The van der Waals surface area contributed by atoms with Gasteiger partial charge in [-0.05, 0) is 48.5 Å². The Morgan fingerprint density at radius 1 is 1.03 bits per heavy atom. The second kappa shape index (κ2) is 9.93. The quantitative estimate of drug-likeness (QED) is 0.214. The molecule has 0 saturated heterocycles. The topological polar surface area (TPSA) is 170 Å². The number of nitro groups is 1. The van der Waals surface area contributed by atoms with Crippen LogP contribution in [0.25, 0.3) is 11.3 Å². The van der Waals surface area contributed by atoms with Gasteiger partial charge in [0.25, 0.3) is 21.6 Å². The molecule has 13 heteroatoms. The van der Waals surface area contributed by atoms with Crippen LogP contribution in [0.1, 0.15) is 16.1 Å². The van der Waals surface area contributed by atoms with E-state index in [0.29, 0.717) is 17.1 Å². The molecule has 0 radical (unpaired) electrons. The van der Waals surface area contributed by atoms with Gasteiger partial charge in [-0.25, -0.2) is 28.5 Å². The third-order valence-electron chi connectivity index (χ3n) is 4.54. The zero-order valence-corrected chi connectivity index (χ0v) is 18.5. The number of hydrogen-bond acceptors (Lipinski definition) is 9. The Kier molecular flexibility index (Phi) is 6.59. The summed E-state index contributed by atoms with van der Waals surface area (Å²) in [6.45, 7) is 0. The van der Waals surface area contributed by atoms with Gasteiger partial charge in [-0.15, -0.1) is 0 Å². The minimum absolute atomic E-state index is 0.0194. The molecule has 2 N–H and O–H groups in total. The van der Waals surface area contributed by atoms with Crippen LogP contribution in [0.15, 0.2) is 93.5 Å². The molecule has 2 aromatic carbocycles. The van der Waals surface area contributed by atoms with Crippen molar-refractivity contribution in [3.05, 3.63) is 101 Å². The van der Waals surface area contributed by atoms with E-state index in [4.69, 9.17) is 4.42 Å². The molecule has 0 bridgehead atoms. The molecule has 0 aliphatic heterocycles. The first-order valence-corrected chi connectivity index (χ1v) is 11.4. The predicted molar refractivity (Wildman–Crippen MR) is 125 cm³/mol. The fraction of sp³-hybridized carbons (Fsp3) is 0. The molecule has 0 aliphatic rings. The number of hydrogen-bond donors (Lipinski definition) is 2. The van der Waals surface area contributed by atoms with Crippen LogP contribution in [0.2, 0.25) is 0 Å². The number of carbonyl (C=O) groups is 1. The first-order chi connectivity index (χ1) is 16.8. The maximum absolute atomic E-state index is 12.5. The highest BCUT2D eigenvalue weighted by molar-refractivity contribution is 7.92. The normalized spacial score (nSPS) is 11.3. The van der Waals surface area contributed by atoms with Crippen LogP contribution in [-0.2, 0) is 10.0 Å². The van der Waals surface area contributed by atoms with Crippen molar-refractivity contribution in [2.75, 3.05) is 4.72 Å². The number of rotatable bonds is 8.